The molecule has 2 aliphatic heterocycles. The van der Waals surface area contributed by atoms with Gasteiger partial charge in [-0.2, -0.15) is 0 Å². The summed E-state index contributed by atoms with van der Waals surface area (Å²) in [5.41, 5.74) is 14.7. The van der Waals surface area contributed by atoms with Crippen LogP contribution in [0.15, 0.2) is 32.9 Å². The third-order valence-corrected chi connectivity index (χ3v) is 8.64. The molecule has 0 aliphatic carbocycles. The fraction of sp³-hybridized carbons (Fsp3) is 0.440. The van der Waals surface area contributed by atoms with Crippen molar-refractivity contribution >= 4 is 35.0 Å². The summed E-state index contributed by atoms with van der Waals surface area (Å²) in [4.78, 5) is 16.5. The van der Waals surface area contributed by atoms with Gasteiger partial charge in [-0.3, -0.25) is 0 Å². The molecule has 9 nitrogen and oxygen atoms in total. The number of nitrogens with two attached hydrogens (primary N) is 2. The minimum absolute atomic E-state index is 0.0505. The molecule has 0 saturated carbocycles. The van der Waals surface area contributed by atoms with Crippen LogP contribution >= 0.6 is 23.4 Å². The van der Waals surface area contributed by atoms with Crippen molar-refractivity contribution in [2.45, 2.75) is 55.7 Å². The van der Waals surface area contributed by atoms with Gasteiger partial charge in [0.1, 0.15) is 22.3 Å². The first kappa shape index (κ1) is 24.8. The van der Waals surface area contributed by atoms with Gasteiger partial charge in [0, 0.05) is 35.6 Å². The molecular weight excluding hydrogens is 498 g/mol. The second-order valence-electron chi connectivity index (χ2n) is 9.33. The van der Waals surface area contributed by atoms with Crippen LogP contribution in [0, 0.1) is 31.1 Å². The number of ether oxygens (including phenoxy) is 1. The minimum Gasteiger partial charge on any atom is -0.381 e. The lowest BCUT2D eigenvalue weighted by Crippen LogP contribution is -2.50. The van der Waals surface area contributed by atoms with E-state index in [9.17, 15) is 0 Å². The normalized spacial score (nSPS) is 21.0. The van der Waals surface area contributed by atoms with E-state index in [4.69, 9.17) is 32.3 Å². The maximum Gasteiger partial charge on any atom is 0.158 e. The number of pyridine rings is 1. The maximum absolute atomic E-state index is 6.62. The van der Waals surface area contributed by atoms with Crippen molar-refractivity contribution in [1.82, 2.24) is 20.1 Å². The average molecular weight is 526 g/mol. The largest absolute Gasteiger partial charge is 0.381 e. The molecule has 3 aromatic rings. The molecule has 2 atom stereocenters. The SMILES string of the molecule is Cc1noc(C)c1C#Cc1nccc(Sc2ncc(N3CCC4(CC3)CO[C@@H](C)[C@H]4N)nc2N)c1Cl. The number of anilines is 2. The summed E-state index contributed by atoms with van der Waals surface area (Å²) in [6.07, 6.45) is 5.44. The molecule has 0 bridgehead atoms. The van der Waals surface area contributed by atoms with Crippen LogP contribution in [-0.2, 0) is 4.74 Å². The van der Waals surface area contributed by atoms with Crippen LogP contribution in [0.25, 0.3) is 0 Å². The van der Waals surface area contributed by atoms with Crippen molar-refractivity contribution < 1.29 is 9.26 Å². The molecule has 0 radical (unpaired) electrons. The third-order valence-electron chi connectivity index (χ3n) is 7.08. The Balaban J connectivity index is 1.30. The Kier molecular flexibility index (Phi) is 6.83. The van der Waals surface area contributed by atoms with Gasteiger partial charge in [0.25, 0.3) is 0 Å². The summed E-state index contributed by atoms with van der Waals surface area (Å²) >= 11 is 7.96. The number of rotatable bonds is 3. The van der Waals surface area contributed by atoms with Crippen LogP contribution in [0.4, 0.5) is 11.6 Å². The van der Waals surface area contributed by atoms with Gasteiger partial charge >= 0.3 is 0 Å². The van der Waals surface area contributed by atoms with E-state index in [0.29, 0.717) is 27.3 Å². The Hall–Kier alpha value is -2.84. The molecule has 3 aromatic heterocycles. The Bertz CT molecular complexity index is 1320. The average Bonchev–Trinajstić information content (AvgIpc) is 3.34. The second-order valence-corrected chi connectivity index (χ2v) is 10.7. The molecule has 5 rings (SSSR count). The lowest BCUT2D eigenvalue weighted by Gasteiger charge is -2.41. The Morgan fingerprint density at radius 2 is 2.00 bits per heavy atom. The predicted octanol–water partition coefficient (Wildman–Crippen LogP) is 3.60. The highest BCUT2D eigenvalue weighted by atomic mass is 35.5. The van der Waals surface area contributed by atoms with Crippen molar-refractivity contribution in [2.75, 3.05) is 30.3 Å². The second kappa shape index (κ2) is 9.90. The van der Waals surface area contributed by atoms with Gasteiger partial charge in [-0.1, -0.05) is 34.4 Å². The lowest BCUT2D eigenvalue weighted by atomic mass is 9.73. The van der Waals surface area contributed by atoms with Crippen LogP contribution in [-0.4, -0.2) is 52.0 Å². The third kappa shape index (κ3) is 4.64. The molecule has 36 heavy (non-hydrogen) atoms. The van der Waals surface area contributed by atoms with Gasteiger partial charge in [-0.25, -0.2) is 15.0 Å². The zero-order valence-corrected chi connectivity index (χ0v) is 22.0. The van der Waals surface area contributed by atoms with E-state index in [0.717, 1.165) is 54.5 Å². The zero-order valence-electron chi connectivity index (χ0n) is 20.4. The number of halogens is 1. The van der Waals surface area contributed by atoms with Crippen LogP contribution in [0.3, 0.4) is 0 Å². The summed E-state index contributed by atoms with van der Waals surface area (Å²) in [5, 5.41) is 4.92. The van der Waals surface area contributed by atoms with Crippen LogP contribution in [0.1, 0.15) is 42.5 Å². The lowest BCUT2D eigenvalue weighted by molar-refractivity contribution is 0.0974. The fourth-order valence-electron chi connectivity index (χ4n) is 4.75. The summed E-state index contributed by atoms with van der Waals surface area (Å²) < 4.78 is 11.0. The molecule has 188 valence electrons. The van der Waals surface area contributed by atoms with E-state index in [1.165, 1.54) is 11.8 Å². The number of aromatic nitrogens is 4. The zero-order chi connectivity index (χ0) is 25.4. The Morgan fingerprint density at radius 3 is 2.64 bits per heavy atom. The van der Waals surface area contributed by atoms with E-state index in [1.807, 2.05) is 13.8 Å². The standard InChI is InChI=1S/C25H28ClN7O2S/c1-14-17(15(2)35-32-14)4-5-18-21(26)19(6-9-29-18)36-24-23(28)31-20(12-30-24)33-10-7-25(8-11-33)13-34-16(3)22(25)27/h6,9,12,16,22H,7-8,10-11,13,27H2,1-3H3,(H2,28,31)/t16-,22+/m0/s1. The monoisotopic (exact) mass is 525 g/mol. The smallest absolute Gasteiger partial charge is 0.158 e. The van der Waals surface area contributed by atoms with Gasteiger partial charge < -0.3 is 25.6 Å². The van der Waals surface area contributed by atoms with E-state index >= 15 is 0 Å². The highest BCUT2D eigenvalue weighted by Gasteiger charge is 2.47. The van der Waals surface area contributed by atoms with Gasteiger partial charge in [0.2, 0.25) is 0 Å². The quantitative estimate of drug-likeness (QED) is 0.489. The van der Waals surface area contributed by atoms with E-state index in [2.05, 4.69) is 43.8 Å². The van der Waals surface area contributed by atoms with Crippen LogP contribution in [0.2, 0.25) is 5.02 Å². The van der Waals surface area contributed by atoms with Gasteiger partial charge in [0.05, 0.1) is 35.2 Å². The number of nitrogens with zero attached hydrogens (tertiary/aromatic N) is 5. The van der Waals surface area contributed by atoms with E-state index in [-0.39, 0.29) is 17.6 Å². The van der Waals surface area contributed by atoms with Crippen LogP contribution in [0.5, 0.6) is 0 Å². The Labute approximate surface area is 219 Å². The Morgan fingerprint density at radius 1 is 1.22 bits per heavy atom. The summed E-state index contributed by atoms with van der Waals surface area (Å²) in [5.74, 6) is 7.84. The molecule has 2 saturated heterocycles. The molecule has 0 unspecified atom stereocenters. The minimum atomic E-state index is 0.0505. The molecule has 0 aromatic carbocycles. The van der Waals surface area contributed by atoms with Crippen molar-refractivity contribution in [3.8, 4) is 11.8 Å². The number of hydrogen-bond donors (Lipinski definition) is 2. The molecule has 4 N–H and O–H groups in total. The molecule has 5 heterocycles. The molecule has 0 amide bonds. The number of nitrogen functional groups attached to an aromatic ring is 1. The number of piperidine rings is 1. The van der Waals surface area contributed by atoms with E-state index < -0.39 is 0 Å². The van der Waals surface area contributed by atoms with Crippen molar-refractivity contribution in [3.63, 3.8) is 0 Å². The number of hydrogen-bond acceptors (Lipinski definition) is 10. The summed E-state index contributed by atoms with van der Waals surface area (Å²) in [7, 11) is 0. The predicted molar refractivity (Wildman–Crippen MR) is 139 cm³/mol. The molecule has 1 spiro atoms. The van der Waals surface area contributed by atoms with Crippen molar-refractivity contribution in [2.24, 2.45) is 11.1 Å². The highest BCUT2D eigenvalue weighted by molar-refractivity contribution is 7.99. The summed E-state index contributed by atoms with van der Waals surface area (Å²) in [6, 6.07) is 1.87. The molecular formula is C25H28ClN7O2S. The topological polar surface area (TPSA) is 129 Å². The highest BCUT2D eigenvalue weighted by Crippen LogP contribution is 2.42. The molecule has 2 fully saturated rings. The fourth-order valence-corrected chi connectivity index (χ4v) is 5.80. The summed E-state index contributed by atoms with van der Waals surface area (Å²) in [6.45, 7) is 8.12. The molecule has 11 heteroatoms. The maximum atomic E-state index is 6.62. The van der Waals surface area contributed by atoms with Crippen molar-refractivity contribution in [1.29, 1.82) is 0 Å². The van der Waals surface area contributed by atoms with Gasteiger partial charge in [-0.15, -0.1) is 0 Å². The first-order chi connectivity index (χ1) is 17.3. The van der Waals surface area contributed by atoms with Gasteiger partial charge in [0.15, 0.2) is 5.82 Å². The van der Waals surface area contributed by atoms with Crippen LogP contribution < -0.4 is 16.4 Å². The first-order valence-corrected chi connectivity index (χ1v) is 13.0. The first-order valence-electron chi connectivity index (χ1n) is 11.8. The van der Waals surface area contributed by atoms with E-state index in [1.54, 1.807) is 18.5 Å². The molecule has 2 aliphatic rings. The van der Waals surface area contributed by atoms with Gasteiger partial charge in [-0.05, 0) is 45.6 Å². The van der Waals surface area contributed by atoms with Crippen molar-refractivity contribution in [3.05, 3.63) is 46.2 Å². The number of aryl methyl sites for hydroxylation is 2.